The topological polar surface area (TPSA) is 66.0 Å². The van der Waals surface area contributed by atoms with E-state index in [0.29, 0.717) is 35.0 Å². The van der Waals surface area contributed by atoms with Gasteiger partial charge in [0.1, 0.15) is 6.10 Å². The predicted molar refractivity (Wildman–Crippen MR) is 149 cm³/mol. The second-order valence-electron chi connectivity index (χ2n) is 8.27. The average Bonchev–Trinajstić information content (AvgIpc) is 3.60. The maximum atomic E-state index is 6.52. The highest BCUT2D eigenvalue weighted by molar-refractivity contribution is 9.10. The summed E-state index contributed by atoms with van der Waals surface area (Å²) in [6.45, 7) is 4.80. The SMILES string of the molecule is C=Cc1ccc(COC(Cn2ccnc2)c2ccc(Cl)cc2Cl)cc1-c1nnc(-c2ccc(Br)cc2)o1. The van der Waals surface area contributed by atoms with Crippen molar-refractivity contribution in [2.24, 2.45) is 0 Å². The highest BCUT2D eigenvalue weighted by Crippen LogP contribution is 2.32. The van der Waals surface area contributed by atoms with E-state index < -0.39 is 0 Å². The third-order valence-corrected chi connectivity index (χ3v) is 6.87. The smallest absolute Gasteiger partial charge is 0.248 e. The van der Waals surface area contributed by atoms with Crippen molar-refractivity contribution in [2.45, 2.75) is 19.3 Å². The maximum absolute atomic E-state index is 6.52. The van der Waals surface area contributed by atoms with Crippen LogP contribution in [0.4, 0.5) is 0 Å². The highest BCUT2D eigenvalue weighted by atomic mass is 79.9. The lowest BCUT2D eigenvalue weighted by atomic mass is 10.0. The molecule has 0 spiro atoms. The monoisotopic (exact) mass is 594 g/mol. The first-order chi connectivity index (χ1) is 18.0. The fourth-order valence-corrected chi connectivity index (χ4v) is 4.68. The Labute approximate surface area is 232 Å². The lowest BCUT2D eigenvalue weighted by Crippen LogP contribution is -2.12. The summed E-state index contributed by atoms with van der Waals surface area (Å²) >= 11 is 16.1. The van der Waals surface area contributed by atoms with Crippen LogP contribution in [-0.4, -0.2) is 19.7 Å². The van der Waals surface area contributed by atoms with Gasteiger partial charge in [-0.15, -0.1) is 10.2 Å². The quantitative estimate of drug-likeness (QED) is 0.171. The number of nitrogens with zero attached hydrogens (tertiary/aromatic N) is 4. The molecule has 3 aromatic carbocycles. The standard InChI is InChI=1S/C28H21BrCl2N4O2/c1-2-19-4-3-18(13-24(19)28-34-33-27(37-28)20-5-7-21(29)8-6-20)16-36-26(15-35-12-11-32-17-35)23-10-9-22(30)14-25(23)31/h2-14,17,26H,1,15-16H2. The maximum Gasteiger partial charge on any atom is 0.248 e. The number of rotatable bonds is 9. The van der Waals surface area contributed by atoms with Crippen molar-refractivity contribution in [2.75, 3.05) is 0 Å². The number of ether oxygens (including phenoxy) is 1. The molecule has 1 atom stereocenters. The van der Waals surface area contributed by atoms with Crippen LogP contribution in [-0.2, 0) is 17.9 Å². The minimum atomic E-state index is -0.325. The van der Waals surface area contributed by atoms with Crippen molar-refractivity contribution in [3.8, 4) is 22.9 Å². The molecule has 0 amide bonds. The van der Waals surface area contributed by atoms with Crippen LogP contribution >= 0.6 is 39.1 Å². The molecule has 1 unspecified atom stereocenters. The Bertz CT molecular complexity index is 1520. The van der Waals surface area contributed by atoms with Crippen LogP contribution in [0.5, 0.6) is 0 Å². The molecule has 9 heteroatoms. The number of benzene rings is 3. The number of hydrogen-bond donors (Lipinski definition) is 0. The molecule has 5 rings (SSSR count). The number of halogens is 3. The summed E-state index contributed by atoms with van der Waals surface area (Å²) in [4.78, 5) is 4.13. The van der Waals surface area contributed by atoms with Crippen molar-refractivity contribution in [3.63, 3.8) is 0 Å². The summed E-state index contributed by atoms with van der Waals surface area (Å²) in [5.74, 6) is 0.849. The second kappa shape index (κ2) is 11.4. The van der Waals surface area contributed by atoms with Gasteiger partial charge in [0, 0.05) is 43.6 Å². The molecule has 2 heterocycles. The molecule has 0 fully saturated rings. The Kier molecular flexibility index (Phi) is 7.86. The number of imidazole rings is 1. The zero-order valence-electron chi connectivity index (χ0n) is 19.5. The van der Waals surface area contributed by atoms with Gasteiger partial charge in [-0.05, 0) is 53.6 Å². The van der Waals surface area contributed by atoms with Crippen molar-refractivity contribution in [3.05, 3.63) is 117 Å². The van der Waals surface area contributed by atoms with Crippen LogP contribution in [0.1, 0.15) is 22.8 Å². The van der Waals surface area contributed by atoms with E-state index in [1.165, 1.54) is 0 Å². The Hall–Kier alpha value is -3.23. The molecular formula is C28H21BrCl2N4O2. The van der Waals surface area contributed by atoms with E-state index in [4.69, 9.17) is 32.4 Å². The second-order valence-corrected chi connectivity index (χ2v) is 10.0. The van der Waals surface area contributed by atoms with Gasteiger partial charge in [-0.1, -0.05) is 70.0 Å². The van der Waals surface area contributed by atoms with Gasteiger partial charge in [0.05, 0.1) is 19.5 Å². The molecule has 5 aromatic rings. The van der Waals surface area contributed by atoms with Crippen molar-refractivity contribution >= 4 is 45.2 Å². The third-order valence-electron chi connectivity index (χ3n) is 5.78. The van der Waals surface area contributed by atoms with Crippen molar-refractivity contribution in [1.82, 2.24) is 19.7 Å². The fraction of sp³-hybridized carbons (Fsp3) is 0.107. The summed E-state index contributed by atoms with van der Waals surface area (Å²) in [5, 5.41) is 9.65. The Balaban J connectivity index is 1.40. The third kappa shape index (κ3) is 6.02. The largest absolute Gasteiger partial charge is 0.416 e. The minimum absolute atomic E-state index is 0.325. The summed E-state index contributed by atoms with van der Waals surface area (Å²) in [7, 11) is 0. The van der Waals surface area contributed by atoms with Crippen LogP contribution < -0.4 is 0 Å². The van der Waals surface area contributed by atoms with Crippen molar-refractivity contribution in [1.29, 1.82) is 0 Å². The van der Waals surface area contributed by atoms with Gasteiger partial charge in [-0.3, -0.25) is 0 Å². The lowest BCUT2D eigenvalue weighted by molar-refractivity contribution is 0.0280. The van der Waals surface area contributed by atoms with E-state index in [9.17, 15) is 0 Å². The molecular weight excluding hydrogens is 575 g/mol. The van der Waals surface area contributed by atoms with Gasteiger partial charge in [-0.25, -0.2) is 4.98 Å². The van der Waals surface area contributed by atoms with E-state index in [0.717, 1.165) is 32.3 Å². The summed E-state index contributed by atoms with van der Waals surface area (Å²) in [6.07, 6.45) is 6.80. The molecule has 0 aliphatic carbocycles. The number of hydrogen-bond acceptors (Lipinski definition) is 5. The zero-order chi connectivity index (χ0) is 25.8. The van der Waals surface area contributed by atoms with Crippen LogP contribution in [0.25, 0.3) is 29.0 Å². The predicted octanol–water partition coefficient (Wildman–Crippen LogP) is 8.27. The lowest BCUT2D eigenvalue weighted by Gasteiger charge is -2.20. The molecule has 2 aromatic heterocycles. The van der Waals surface area contributed by atoms with Gasteiger partial charge in [0.25, 0.3) is 0 Å². The molecule has 0 bridgehead atoms. The van der Waals surface area contributed by atoms with Crippen LogP contribution in [0.2, 0.25) is 10.0 Å². The Morgan fingerprint density at radius 3 is 2.57 bits per heavy atom. The first kappa shape index (κ1) is 25.4. The van der Waals surface area contributed by atoms with Gasteiger partial charge < -0.3 is 13.7 Å². The summed E-state index contributed by atoms with van der Waals surface area (Å²) in [5.41, 5.74) is 4.28. The fourth-order valence-electron chi connectivity index (χ4n) is 3.88. The molecule has 0 aliphatic rings. The van der Waals surface area contributed by atoms with Gasteiger partial charge in [0.2, 0.25) is 11.8 Å². The summed E-state index contributed by atoms with van der Waals surface area (Å²) < 4.78 is 15.3. The van der Waals surface area contributed by atoms with Gasteiger partial charge in [0.15, 0.2) is 0 Å². The van der Waals surface area contributed by atoms with Crippen molar-refractivity contribution < 1.29 is 9.15 Å². The van der Waals surface area contributed by atoms with E-state index >= 15 is 0 Å². The first-order valence-corrected chi connectivity index (χ1v) is 12.9. The van der Waals surface area contributed by atoms with E-state index in [-0.39, 0.29) is 6.10 Å². The van der Waals surface area contributed by atoms with Gasteiger partial charge >= 0.3 is 0 Å². The normalized spacial score (nSPS) is 12.0. The van der Waals surface area contributed by atoms with Gasteiger partial charge in [-0.2, -0.15) is 0 Å². The number of aromatic nitrogens is 4. The van der Waals surface area contributed by atoms with E-state index in [2.05, 4.69) is 37.7 Å². The molecule has 186 valence electrons. The first-order valence-electron chi connectivity index (χ1n) is 11.4. The molecule has 6 nitrogen and oxygen atoms in total. The molecule has 0 saturated heterocycles. The zero-order valence-corrected chi connectivity index (χ0v) is 22.6. The molecule has 37 heavy (non-hydrogen) atoms. The minimum Gasteiger partial charge on any atom is -0.416 e. The van der Waals surface area contributed by atoms with E-state index in [1.54, 1.807) is 24.7 Å². The highest BCUT2D eigenvalue weighted by Gasteiger charge is 2.18. The van der Waals surface area contributed by atoms with E-state index in [1.807, 2.05) is 65.4 Å². The molecule has 0 saturated carbocycles. The average molecular weight is 596 g/mol. The van der Waals surface area contributed by atoms with Crippen LogP contribution in [0.3, 0.4) is 0 Å². The summed E-state index contributed by atoms with van der Waals surface area (Å²) in [6, 6.07) is 19.0. The molecule has 0 N–H and O–H groups in total. The molecule has 0 aliphatic heterocycles. The van der Waals surface area contributed by atoms with Crippen LogP contribution in [0.15, 0.2) is 94.9 Å². The Morgan fingerprint density at radius 1 is 1.03 bits per heavy atom. The van der Waals surface area contributed by atoms with Crippen LogP contribution in [0, 0.1) is 0 Å². The molecule has 0 radical (unpaired) electrons. The Morgan fingerprint density at radius 2 is 1.84 bits per heavy atom.